The van der Waals surface area contributed by atoms with Gasteiger partial charge < -0.3 is 14.6 Å². The van der Waals surface area contributed by atoms with E-state index < -0.39 is 0 Å². The first-order chi connectivity index (χ1) is 12.2. The van der Waals surface area contributed by atoms with Crippen LogP contribution in [0.25, 0.3) is 5.69 Å². The summed E-state index contributed by atoms with van der Waals surface area (Å²) in [5, 5.41) is 14.1. The monoisotopic (exact) mass is 402 g/mol. The van der Waals surface area contributed by atoms with Crippen LogP contribution in [0.4, 0.5) is 11.4 Å². The second-order valence-electron chi connectivity index (χ2n) is 5.71. The molecule has 1 amide bonds. The van der Waals surface area contributed by atoms with E-state index in [1.807, 2.05) is 18.2 Å². The van der Waals surface area contributed by atoms with Gasteiger partial charge in [-0.25, -0.2) is 4.68 Å². The van der Waals surface area contributed by atoms with Crippen LogP contribution >= 0.6 is 15.9 Å². The highest BCUT2D eigenvalue weighted by Gasteiger charge is 2.19. The summed E-state index contributed by atoms with van der Waals surface area (Å²) in [6.45, 7) is 1.94. The quantitative estimate of drug-likeness (QED) is 0.721. The van der Waals surface area contributed by atoms with Crippen molar-refractivity contribution in [3.8, 4) is 5.69 Å². The number of nitrogens with zero attached hydrogens (tertiary/aromatic N) is 5. The Morgan fingerprint density at radius 1 is 1.20 bits per heavy atom. The molecule has 9 heteroatoms. The molecule has 1 aliphatic rings. The van der Waals surface area contributed by atoms with Gasteiger partial charge in [-0.1, -0.05) is 0 Å². The fourth-order valence-corrected chi connectivity index (χ4v) is 3.21. The van der Waals surface area contributed by atoms with Gasteiger partial charge >= 0.3 is 0 Å². The average Bonchev–Trinajstić information content (AvgIpc) is 3.37. The summed E-state index contributed by atoms with van der Waals surface area (Å²) in [5.74, 6) is -0.0629. The van der Waals surface area contributed by atoms with Gasteiger partial charge in [0.25, 0.3) is 5.91 Å². The zero-order chi connectivity index (χ0) is 17.2. The van der Waals surface area contributed by atoms with E-state index >= 15 is 0 Å². The van der Waals surface area contributed by atoms with Crippen LogP contribution in [0.15, 0.2) is 45.7 Å². The summed E-state index contributed by atoms with van der Waals surface area (Å²) in [6.07, 6.45) is 3.81. The van der Waals surface area contributed by atoms with Crippen LogP contribution in [0.5, 0.6) is 0 Å². The Morgan fingerprint density at radius 2 is 2.04 bits per heavy atom. The highest BCUT2D eigenvalue weighted by molar-refractivity contribution is 9.10. The van der Waals surface area contributed by atoms with E-state index in [1.165, 1.54) is 6.33 Å². The third-order valence-electron chi connectivity index (χ3n) is 4.09. The zero-order valence-corrected chi connectivity index (χ0v) is 14.8. The van der Waals surface area contributed by atoms with Crippen LogP contribution in [-0.4, -0.2) is 39.2 Å². The zero-order valence-electron chi connectivity index (χ0n) is 13.2. The Hall–Kier alpha value is -2.68. The van der Waals surface area contributed by atoms with Crippen molar-refractivity contribution in [2.24, 2.45) is 0 Å². The lowest BCUT2D eigenvalue weighted by molar-refractivity contribution is 0.0995. The summed E-state index contributed by atoms with van der Waals surface area (Å²) < 4.78 is 7.40. The fraction of sp³-hybridized carbons (Fsp3) is 0.250. The Bertz CT molecular complexity index is 886. The number of hydrogen-bond acceptors (Lipinski definition) is 6. The lowest BCUT2D eigenvalue weighted by Gasteiger charge is -2.22. The predicted molar refractivity (Wildman–Crippen MR) is 95.0 cm³/mol. The highest BCUT2D eigenvalue weighted by Crippen LogP contribution is 2.31. The minimum absolute atomic E-state index is 0.243. The number of aromatic nitrogens is 4. The molecular formula is C16H15BrN6O2. The van der Waals surface area contributed by atoms with Gasteiger partial charge in [0.2, 0.25) is 0 Å². The SMILES string of the molecule is O=C(Nc1cc(-n2cnnn2)ccc1N1CCCC1)c1ccc(Br)o1. The van der Waals surface area contributed by atoms with Crippen molar-refractivity contribution in [2.45, 2.75) is 12.8 Å². The molecular weight excluding hydrogens is 388 g/mol. The minimum atomic E-state index is -0.306. The molecule has 8 nitrogen and oxygen atoms in total. The molecule has 1 aromatic carbocycles. The van der Waals surface area contributed by atoms with Crippen molar-refractivity contribution < 1.29 is 9.21 Å². The van der Waals surface area contributed by atoms with Gasteiger partial charge in [0, 0.05) is 13.1 Å². The molecule has 0 unspecified atom stereocenters. The number of halogens is 1. The largest absolute Gasteiger partial charge is 0.444 e. The smallest absolute Gasteiger partial charge is 0.291 e. The van der Waals surface area contributed by atoms with Gasteiger partial charge in [-0.05, 0) is 69.5 Å². The van der Waals surface area contributed by atoms with Gasteiger partial charge in [-0.2, -0.15) is 0 Å². The molecule has 2 aromatic heterocycles. The van der Waals surface area contributed by atoms with Gasteiger partial charge in [-0.3, -0.25) is 4.79 Å². The normalized spacial score (nSPS) is 14.0. The summed E-state index contributed by atoms with van der Waals surface area (Å²) in [6, 6.07) is 9.09. The molecule has 1 aliphatic heterocycles. The third-order valence-corrected chi connectivity index (χ3v) is 4.51. The molecule has 25 heavy (non-hydrogen) atoms. The number of carbonyl (C=O) groups is 1. The summed E-state index contributed by atoms with van der Waals surface area (Å²) in [4.78, 5) is 14.8. The topological polar surface area (TPSA) is 89.1 Å². The van der Waals surface area contributed by atoms with Crippen LogP contribution in [-0.2, 0) is 0 Å². The standard InChI is InChI=1S/C16H15BrN6O2/c17-15-6-5-14(25-15)16(24)19-12-9-11(23-10-18-20-21-23)3-4-13(12)22-7-1-2-8-22/h3-6,9-10H,1-2,7-8H2,(H,19,24). The van der Waals surface area contributed by atoms with Crippen molar-refractivity contribution >= 4 is 33.2 Å². The Morgan fingerprint density at radius 3 is 2.72 bits per heavy atom. The highest BCUT2D eigenvalue weighted by atomic mass is 79.9. The Labute approximate surface area is 151 Å². The van der Waals surface area contributed by atoms with Crippen molar-refractivity contribution in [1.82, 2.24) is 20.2 Å². The van der Waals surface area contributed by atoms with E-state index in [0.29, 0.717) is 10.4 Å². The third kappa shape index (κ3) is 3.27. The van der Waals surface area contributed by atoms with Crippen LogP contribution in [0.2, 0.25) is 0 Å². The van der Waals surface area contributed by atoms with E-state index in [-0.39, 0.29) is 11.7 Å². The number of anilines is 2. The molecule has 0 saturated carbocycles. The first kappa shape index (κ1) is 15.8. The first-order valence-electron chi connectivity index (χ1n) is 7.90. The Kier molecular flexibility index (Phi) is 4.22. The molecule has 1 N–H and O–H groups in total. The maximum Gasteiger partial charge on any atom is 0.291 e. The molecule has 128 valence electrons. The van der Waals surface area contributed by atoms with E-state index in [0.717, 1.165) is 37.3 Å². The summed E-state index contributed by atoms with van der Waals surface area (Å²) >= 11 is 3.21. The maximum absolute atomic E-state index is 12.5. The van der Waals surface area contributed by atoms with Crippen LogP contribution < -0.4 is 10.2 Å². The van der Waals surface area contributed by atoms with Crippen molar-refractivity contribution in [1.29, 1.82) is 0 Å². The van der Waals surface area contributed by atoms with Crippen LogP contribution in [0, 0.1) is 0 Å². The molecule has 0 bridgehead atoms. The second kappa shape index (κ2) is 6.67. The molecule has 0 radical (unpaired) electrons. The summed E-state index contributed by atoms with van der Waals surface area (Å²) in [5.41, 5.74) is 2.45. The first-order valence-corrected chi connectivity index (χ1v) is 8.69. The van der Waals surface area contributed by atoms with Crippen LogP contribution in [0.1, 0.15) is 23.4 Å². The number of furan rings is 1. The number of nitrogens with one attached hydrogen (secondary N) is 1. The number of carbonyl (C=O) groups excluding carboxylic acids is 1. The van der Waals surface area contributed by atoms with Crippen molar-refractivity contribution in [3.63, 3.8) is 0 Å². The molecule has 3 aromatic rings. The van der Waals surface area contributed by atoms with E-state index in [2.05, 4.69) is 41.7 Å². The van der Waals surface area contributed by atoms with Gasteiger partial charge in [0.05, 0.1) is 17.1 Å². The molecule has 0 atom stereocenters. The van der Waals surface area contributed by atoms with E-state index in [9.17, 15) is 4.79 Å². The van der Waals surface area contributed by atoms with E-state index in [4.69, 9.17) is 4.42 Å². The van der Waals surface area contributed by atoms with Gasteiger partial charge in [0.1, 0.15) is 6.33 Å². The fourth-order valence-electron chi connectivity index (χ4n) is 2.90. The molecule has 1 fully saturated rings. The van der Waals surface area contributed by atoms with Crippen molar-refractivity contribution in [2.75, 3.05) is 23.3 Å². The van der Waals surface area contributed by atoms with Crippen LogP contribution in [0.3, 0.4) is 0 Å². The molecule has 4 rings (SSSR count). The Balaban J connectivity index is 1.69. The molecule has 1 saturated heterocycles. The maximum atomic E-state index is 12.5. The van der Waals surface area contributed by atoms with Gasteiger partial charge in [-0.15, -0.1) is 5.10 Å². The summed E-state index contributed by atoms with van der Waals surface area (Å²) in [7, 11) is 0. The lowest BCUT2D eigenvalue weighted by Crippen LogP contribution is -2.21. The predicted octanol–water partition coefficient (Wildman–Crippen LogP) is 2.87. The van der Waals surface area contributed by atoms with Gasteiger partial charge in [0.15, 0.2) is 10.4 Å². The number of tetrazole rings is 1. The molecule has 3 heterocycles. The second-order valence-corrected chi connectivity index (χ2v) is 6.49. The lowest BCUT2D eigenvalue weighted by atomic mass is 10.2. The van der Waals surface area contributed by atoms with Crippen molar-refractivity contribution in [3.05, 3.63) is 47.1 Å². The number of benzene rings is 1. The number of rotatable bonds is 4. The van der Waals surface area contributed by atoms with E-state index in [1.54, 1.807) is 16.8 Å². The molecule has 0 spiro atoms. The minimum Gasteiger partial charge on any atom is -0.444 e. The number of hydrogen-bond donors (Lipinski definition) is 1. The molecule has 0 aliphatic carbocycles. The number of amides is 1. The average molecular weight is 403 g/mol.